The topological polar surface area (TPSA) is 435 Å². The average Bonchev–Trinajstić information content (AvgIpc) is 1.75. The molecule has 0 bridgehead atoms. The van der Waals surface area contributed by atoms with E-state index in [1.54, 1.807) is 153 Å². The maximum atomic E-state index is 6.76. The van der Waals surface area contributed by atoms with Crippen molar-refractivity contribution in [2.24, 2.45) is 0 Å². The molecule has 38 nitrogen and oxygen atoms in total. The summed E-state index contributed by atoms with van der Waals surface area (Å²) in [6, 6.07) is 32.4. The van der Waals surface area contributed by atoms with Gasteiger partial charge in [-0.05, 0) is 160 Å². The van der Waals surface area contributed by atoms with E-state index in [1.807, 2.05) is 71.0 Å². The lowest BCUT2D eigenvalue weighted by atomic mass is 10.1. The Morgan fingerprint density at radius 2 is 0.675 bits per heavy atom. The lowest BCUT2D eigenvalue weighted by Crippen LogP contribution is -1.91. The van der Waals surface area contributed by atoms with Crippen molar-refractivity contribution < 1.29 is 26.6 Å². The summed E-state index contributed by atoms with van der Waals surface area (Å²) in [4.78, 5) is 45.1. The van der Waals surface area contributed by atoms with E-state index in [1.165, 1.54) is 70.0 Å². The summed E-state index contributed by atoms with van der Waals surface area (Å²) >= 11 is 5.92. The highest BCUT2D eigenvalue weighted by atomic mass is 35.5. The van der Waals surface area contributed by atoms with Crippen LogP contribution >= 0.6 is 11.6 Å². The first kappa shape index (κ1) is 84.1. The number of aromatic nitrogens is 31. The molecule has 14 aromatic heterocycles. The molecule has 0 N–H and O–H groups in total. The van der Waals surface area contributed by atoms with Crippen LogP contribution in [0, 0.1) is 89.7 Å². The van der Waals surface area contributed by atoms with E-state index in [4.69, 9.17) is 44.8 Å². The molecule has 0 atom stereocenters. The molecule has 123 heavy (non-hydrogen) atoms. The molecule has 0 aliphatic heterocycles. The largest absolute Gasteiger partial charge is 0.475 e. The summed E-state index contributed by atoms with van der Waals surface area (Å²) in [6.07, 6.45) is 36.9. The highest BCUT2D eigenvalue weighted by Crippen LogP contribution is 2.25. The molecule has 0 unspecified atom stereocenters. The molecule has 18 aromatic rings. The normalized spacial score (nSPS) is 11.3. The second kappa shape index (κ2) is 40.3. The van der Waals surface area contributed by atoms with Crippen LogP contribution in [-0.4, -0.2) is 154 Å². The van der Waals surface area contributed by atoms with Gasteiger partial charge in [0.15, 0.2) is 47.7 Å². The second-order valence-corrected chi connectivity index (χ2v) is 27.5. The fourth-order valence-electron chi connectivity index (χ4n) is 11.6. The molecule has 0 radical (unpaired) electrons. The third-order valence-electron chi connectivity index (χ3n) is 16.4. The van der Waals surface area contributed by atoms with Crippen LogP contribution in [0.2, 0.25) is 5.15 Å². The molecule has 4 aromatic carbocycles. The fourth-order valence-corrected chi connectivity index (χ4v) is 11.9. The van der Waals surface area contributed by atoms with Gasteiger partial charge in [-0.25, -0.2) is 68.0 Å². The second-order valence-electron chi connectivity index (χ2n) is 27.1. The van der Waals surface area contributed by atoms with Gasteiger partial charge in [-0.2, -0.15) is 4.98 Å². The molecule has 0 aliphatic rings. The van der Waals surface area contributed by atoms with Gasteiger partial charge in [0.2, 0.25) is 36.4 Å². The van der Waals surface area contributed by atoms with Crippen molar-refractivity contribution in [1.82, 2.24) is 154 Å². The zero-order valence-corrected chi connectivity index (χ0v) is 68.9. The maximum absolute atomic E-state index is 6.76. The molecule has 18 rings (SSSR count). The smallest absolute Gasteiger partial charge is 0.451 e. The van der Waals surface area contributed by atoms with Crippen LogP contribution in [0.3, 0.4) is 0 Å². The van der Waals surface area contributed by atoms with Gasteiger partial charge >= 0.3 is 6.01 Å². The number of rotatable bonds is 18. The molecule has 0 aliphatic carbocycles. The van der Waals surface area contributed by atoms with Crippen LogP contribution in [0.15, 0.2) is 193 Å². The van der Waals surface area contributed by atoms with E-state index in [2.05, 4.69) is 233 Å². The Morgan fingerprint density at radius 1 is 0.333 bits per heavy atom. The van der Waals surface area contributed by atoms with E-state index in [-0.39, 0.29) is 11.9 Å². The molecule has 0 saturated heterocycles. The van der Waals surface area contributed by atoms with Crippen LogP contribution in [0.4, 0.5) is 6.01 Å². The summed E-state index contributed by atoms with van der Waals surface area (Å²) in [5, 5.41) is 59.7. The predicted molar refractivity (Wildman–Crippen MR) is 456 cm³/mol. The van der Waals surface area contributed by atoms with Gasteiger partial charge in [0.1, 0.15) is 55.1 Å². The van der Waals surface area contributed by atoms with Crippen LogP contribution < -0.4 is 0 Å². The van der Waals surface area contributed by atoms with E-state index >= 15 is 0 Å². The fraction of sp³-hybridized carbons (Fsp3) is 0.143. The minimum atomic E-state index is -0.0887. The number of pyridine rings is 2. The van der Waals surface area contributed by atoms with Crippen molar-refractivity contribution in [3.63, 3.8) is 0 Å². The summed E-state index contributed by atoms with van der Waals surface area (Å²) in [7, 11) is 0. The molecule has 39 heteroatoms. The van der Waals surface area contributed by atoms with Gasteiger partial charge in [-0.15, -0.1) is 61.2 Å². The lowest BCUT2D eigenvalue weighted by Gasteiger charge is -2.00. The summed E-state index contributed by atoms with van der Waals surface area (Å²) in [6.45, 7) is 30.7. The Hall–Kier alpha value is -16.9. The van der Waals surface area contributed by atoms with Crippen molar-refractivity contribution in [3.05, 3.63) is 286 Å². The molecular formula is C84H75ClN32O6. The molecule has 0 fully saturated rings. The number of halogens is 1. The Labute approximate surface area is 706 Å². The average molecular weight is 1660 g/mol. The lowest BCUT2D eigenvalue weighted by molar-refractivity contribution is 0.409. The molecular weight excluding hydrogens is 1590 g/mol. The SMILES string of the molecule is Cc1cc(-c2ncn(/C=C\c3nnco3)n2)cc(C)n1.Cc1cc(-c2ncn(/C=C\c3nnco3)n2)cc(Cl)n1.Cc1cc(C)cc(-c2ncn(/C=C\c3cocn3)n2)c1.Cc1cc(C)cc(-c2ncn(/C=C\c3ncno3)n2)c1.Cc1cc(C)cc(-c2ncn(/C=C\c3nnc(C)o3)n2)c1.[C-]#[N+]c1nnc(/C=C\n2cnc(-c3cc(C)cc(C)c3)n2)o1. The van der Waals surface area contributed by atoms with Gasteiger partial charge < -0.3 is 31.5 Å². The van der Waals surface area contributed by atoms with Crippen molar-refractivity contribution in [1.29, 1.82) is 0 Å². The summed E-state index contributed by atoms with van der Waals surface area (Å²) in [5.41, 5.74) is 18.7. The first-order valence-electron chi connectivity index (χ1n) is 37.3. The standard InChI is InChI=1S/C15H12N6O.C15H15N5O.C15H14N4O.C14H13N5O.C13H12N6O.C12H9ClN6O/c1-10-6-11(2)8-12(7-10)14-17-9-21(20-14)5-4-13-18-19-15(16-3)22-13;1-10-6-11(2)8-13(7-10)15-16-9-20(19-15)5-4-14-18-17-12(3)21-14;1-11-5-12(2)7-13(6-11)15-16-9-19(18-15)4-3-14-8-20-10-17-14;1-10-5-11(2)7-12(6-10)14-16-9-19(18-14)4-3-13-15-8-17-20-13;1-9-5-11(6-10(2)16-9)13-14-7-19(18-13)4-3-12-17-15-8-20-12;1-8-4-9(5-10(13)16-8)12-14-6-19(18-12)3-2-11-17-15-7-20-11/h4-9H,1-2H3;4-9H,1-3H3;3-10H,1-2H3;3-9H,1-2H3;3-8H,1-2H3;2-7H,1H3/b2*5-4-;3*4-3-;3-2-. The highest BCUT2D eigenvalue weighted by Gasteiger charge is 2.13. The van der Waals surface area contributed by atoms with E-state index in [0.29, 0.717) is 69.6 Å². The van der Waals surface area contributed by atoms with Crippen LogP contribution in [0.5, 0.6) is 0 Å². The quantitative estimate of drug-likeness (QED) is 0.0568. The molecule has 0 spiro atoms. The van der Waals surface area contributed by atoms with Gasteiger partial charge in [0.25, 0.3) is 11.8 Å². The number of oxazole rings is 1. The number of nitrogens with zero attached hydrogens (tertiary/aromatic N) is 32. The van der Waals surface area contributed by atoms with Crippen molar-refractivity contribution in [2.75, 3.05) is 0 Å². The third-order valence-corrected chi connectivity index (χ3v) is 16.6. The Bertz CT molecular complexity index is 6100. The first-order valence-corrected chi connectivity index (χ1v) is 37.6. The number of hydrogen-bond donors (Lipinski definition) is 0. The molecule has 614 valence electrons. The molecule has 0 saturated carbocycles. The number of aryl methyl sites for hydroxylation is 12. The van der Waals surface area contributed by atoms with Gasteiger partial charge in [-0.1, -0.05) is 92.1 Å². The van der Waals surface area contributed by atoms with Gasteiger partial charge in [0.05, 0.1) is 0 Å². The third kappa shape index (κ3) is 25.1. The van der Waals surface area contributed by atoms with Crippen LogP contribution in [0.1, 0.15) is 103 Å². The number of benzene rings is 4. The maximum Gasteiger partial charge on any atom is 0.475 e. The van der Waals surface area contributed by atoms with Gasteiger partial charge in [-0.3, -0.25) is 4.98 Å². The van der Waals surface area contributed by atoms with Crippen molar-refractivity contribution in [3.8, 4) is 68.3 Å². The number of hydrogen-bond acceptors (Lipinski definition) is 31. The van der Waals surface area contributed by atoms with Crippen LogP contribution in [0.25, 0.3) is 147 Å². The van der Waals surface area contributed by atoms with Crippen molar-refractivity contribution in [2.45, 2.75) is 83.1 Å². The van der Waals surface area contributed by atoms with E-state index < -0.39 is 0 Å². The molecule has 14 heterocycles. The predicted octanol–water partition coefficient (Wildman–Crippen LogP) is 16.0. The Morgan fingerprint density at radius 3 is 0.992 bits per heavy atom. The monoisotopic (exact) mass is 1660 g/mol. The highest BCUT2D eigenvalue weighted by molar-refractivity contribution is 6.29. The van der Waals surface area contributed by atoms with Crippen molar-refractivity contribution >= 4 is 91.3 Å². The van der Waals surface area contributed by atoms with E-state index in [0.717, 1.165) is 56.2 Å². The Balaban J connectivity index is 0.000000127. The minimum Gasteiger partial charge on any atom is -0.451 e. The van der Waals surface area contributed by atoms with Crippen LogP contribution in [-0.2, 0) is 0 Å². The first-order chi connectivity index (χ1) is 59.5. The Kier molecular flexibility index (Phi) is 27.6. The van der Waals surface area contributed by atoms with E-state index in [9.17, 15) is 0 Å². The zero-order chi connectivity index (χ0) is 86.1. The zero-order valence-electron chi connectivity index (χ0n) is 68.2. The molecule has 0 amide bonds. The van der Waals surface area contributed by atoms with Gasteiger partial charge in [0, 0.05) is 130 Å². The summed E-state index contributed by atoms with van der Waals surface area (Å²) < 4.78 is 39.6. The summed E-state index contributed by atoms with van der Waals surface area (Å²) in [5.74, 6) is 6.39. The minimum absolute atomic E-state index is 0.0887.